The largest absolute Gasteiger partial charge is 0.438 e. The molecule has 0 nitrogen and oxygen atoms in total. The van der Waals surface area contributed by atoms with Crippen molar-refractivity contribution in [1.82, 2.24) is 0 Å². The van der Waals surface area contributed by atoms with Gasteiger partial charge in [-0.2, -0.15) is 39.5 Å². The molecule has 0 rings (SSSR count). The molecule has 16 heavy (non-hydrogen) atoms. The maximum atomic E-state index is 11.7. The Morgan fingerprint density at radius 3 is 0.812 bits per heavy atom. The summed E-state index contributed by atoms with van der Waals surface area (Å²) >= 11 is -3.77. The van der Waals surface area contributed by atoms with Crippen molar-refractivity contribution in [2.24, 2.45) is 0 Å². The van der Waals surface area contributed by atoms with Gasteiger partial charge in [0.1, 0.15) is 0 Å². The SMILES string of the molecule is FC(F)(F)S[Si](SC(F)(F)F)SC(F)(F)F. The van der Waals surface area contributed by atoms with Crippen LogP contribution in [0.3, 0.4) is 0 Å². The zero-order valence-corrected chi connectivity index (χ0v) is 10.1. The fourth-order valence-corrected chi connectivity index (χ4v) is 9.34. The lowest BCUT2D eigenvalue weighted by Crippen LogP contribution is -2.19. The number of alkyl halides is 9. The van der Waals surface area contributed by atoms with E-state index in [2.05, 4.69) is 0 Å². The summed E-state index contributed by atoms with van der Waals surface area (Å²) in [6.07, 6.45) is -3.84. The normalized spacial score (nSPS) is 14.6. The molecule has 0 saturated carbocycles. The fourth-order valence-electron chi connectivity index (χ4n) is 0.346. The molecular formula is C3F9S3Si. The summed E-state index contributed by atoms with van der Waals surface area (Å²) < 4.78 is 105. The number of halogens is 9. The Balaban J connectivity index is 4.53. The van der Waals surface area contributed by atoms with Gasteiger partial charge in [-0.15, -0.1) is 0 Å². The second-order valence-electron chi connectivity index (χ2n) is 1.89. The number of hydrogen-bond donors (Lipinski definition) is 0. The van der Waals surface area contributed by atoms with Crippen molar-refractivity contribution in [2.75, 3.05) is 0 Å². The van der Waals surface area contributed by atoms with Crippen molar-refractivity contribution in [3.63, 3.8) is 0 Å². The third-order valence-corrected chi connectivity index (χ3v) is 9.87. The van der Waals surface area contributed by atoms with Gasteiger partial charge in [-0.3, -0.25) is 0 Å². The summed E-state index contributed by atoms with van der Waals surface area (Å²) in [7, 11) is 0. The monoisotopic (exact) mass is 331 g/mol. The van der Waals surface area contributed by atoms with E-state index in [1.165, 1.54) is 0 Å². The van der Waals surface area contributed by atoms with E-state index in [1.54, 1.807) is 0 Å². The number of hydrogen-bond acceptors (Lipinski definition) is 3. The first-order valence-corrected chi connectivity index (χ1v) is 9.05. The summed E-state index contributed by atoms with van der Waals surface area (Å²) in [6, 6.07) is 0. The Hall–Kier alpha value is 0.637. The highest BCUT2D eigenvalue weighted by Crippen LogP contribution is 2.50. The van der Waals surface area contributed by atoms with Gasteiger partial charge in [0.2, 0.25) is 0 Å². The quantitative estimate of drug-likeness (QED) is 0.542. The second-order valence-corrected chi connectivity index (χ2v) is 12.2. The van der Waals surface area contributed by atoms with Crippen molar-refractivity contribution >= 4 is 39.9 Å². The fraction of sp³-hybridized carbons (Fsp3) is 1.00. The molecule has 0 aliphatic heterocycles. The molecule has 0 unspecified atom stereocenters. The lowest BCUT2D eigenvalue weighted by atomic mass is 11.6. The second kappa shape index (κ2) is 5.52. The van der Waals surface area contributed by atoms with Crippen LogP contribution in [0.15, 0.2) is 0 Å². The van der Waals surface area contributed by atoms with Gasteiger partial charge in [-0.1, -0.05) is 33.6 Å². The van der Waals surface area contributed by atoms with Crippen molar-refractivity contribution in [1.29, 1.82) is 0 Å². The molecule has 0 atom stereocenters. The average molecular weight is 331 g/mol. The molecule has 0 aromatic carbocycles. The van der Waals surface area contributed by atoms with Crippen LogP contribution in [0.5, 0.6) is 0 Å². The van der Waals surface area contributed by atoms with Gasteiger partial charge in [0.25, 0.3) is 6.25 Å². The zero-order chi connectivity index (χ0) is 13.2. The zero-order valence-electron chi connectivity index (χ0n) is 6.63. The Morgan fingerprint density at radius 2 is 0.688 bits per heavy atom. The molecule has 0 fully saturated rings. The van der Waals surface area contributed by atoms with Crippen LogP contribution in [-0.4, -0.2) is 22.8 Å². The van der Waals surface area contributed by atoms with Crippen LogP contribution < -0.4 is 0 Å². The maximum Gasteiger partial charge on any atom is 0.438 e. The van der Waals surface area contributed by atoms with Crippen LogP contribution in [0.2, 0.25) is 0 Å². The van der Waals surface area contributed by atoms with E-state index in [-0.39, 0.29) is 0 Å². The molecule has 0 spiro atoms. The molecule has 97 valence electrons. The minimum atomic E-state index is -5.12. The highest BCUT2D eigenvalue weighted by atomic mass is 32.8. The Kier molecular flexibility index (Phi) is 5.74. The average Bonchev–Trinajstić information content (AvgIpc) is 1.70. The van der Waals surface area contributed by atoms with E-state index < -0.39 is 56.4 Å². The third kappa shape index (κ3) is 11.1. The predicted molar refractivity (Wildman–Crippen MR) is 46.7 cm³/mol. The van der Waals surface area contributed by atoms with Crippen LogP contribution in [0.4, 0.5) is 39.5 Å². The van der Waals surface area contributed by atoms with Gasteiger partial charge in [0.15, 0.2) is 0 Å². The first kappa shape index (κ1) is 16.6. The Morgan fingerprint density at radius 1 is 0.500 bits per heavy atom. The molecule has 0 N–H and O–H groups in total. The maximum absolute atomic E-state index is 11.7. The van der Waals surface area contributed by atoms with Crippen LogP contribution in [-0.2, 0) is 0 Å². The van der Waals surface area contributed by atoms with Crippen LogP contribution >= 0.6 is 33.6 Å². The van der Waals surface area contributed by atoms with E-state index in [0.717, 1.165) is 0 Å². The number of rotatable bonds is 3. The molecule has 0 saturated heterocycles. The molecule has 0 aliphatic carbocycles. The van der Waals surface area contributed by atoms with E-state index >= 15 is 0 Å². The molecule has 0 heterocycles. The van der Waals surface area contributed by atoms with Gasteiger partial charge in [0, 0.05) is 0 Å². The summed E-state index contributed by atoms with van der Waals surface area (Å²) in [5.74, 6) is 0. The first-order valence-electron chi connectivity index (χ1n) is 2.93. The van der Waals surface area contributed by atoms with E-state index in [0.29, 0.717) is 0 Å². The van der Waals surface area contributed by atoms with Crippen LogP contribution in [0, 0.1) is 0 Å². The highest BCUT2D eigenvalue weighted by molar-refractivity contribution is 8.77. The van der Waals surface area contributed by atoms with Crippen LogP contribution in [0.25, 0.3) is 0 Å². The standard InChI is InChI=1S/C3F9S3Si/c4-1(5,6)13-16(14-2(7,8)9)15-3(10,11)12. The highest BCUT2D eigenvalue weighted by Gasteiger charge is 2.47. The minimum absolute atomic E-state index is 1.26. The van der Waals surface area contributed by atoms with Crippen molar-refractivity contribution < 1.29 is 39.5 Å². The lowest BCUT2D eigenvalue weighted by molar-refractivity contribution is -0.0314. The van der Waals surface area contributed by atoms with Gasteiger partial charge in [-0.25, -0.2) is 0 Å². The smallest absolute Gasteiger partial charge is 0.161 e. The van der Waals surface area contributed by atoms with Crippen molar-refractivity contribution in [2.45, 2.75) is 16.5 Å². The minimum Gasteiger partial charge on any atom is -0.161 e. The summed E-state index contributed by atoms with van der Waals surface area (Å²) in [5, 5.41) is 0. The van der Waals surface area contributed by atoms with E-state index in [4.69, 9.17) is 0 Å². The Bertz CT molecular complexity index is 179. The van der Waals surface area contributed by atoms with Gasteiger partial charge < -0.3 is 0 Å². The Labute approximate surface area is 96.2 Å². The topological polar surface area (TPSA) is 0 Å². The lowest BCUT2D eigenvalue weighted by Gasteiger charge is -2.17. The van der Waals surface area contributed by atoms with Crippen molar-refractivity contribution in [3.8, 4) is 0 Å². The van der Waals surface area contributed by atoms with Crippen molar-refractivity contribution in [3.05, 3.63) is 0 Å². The molecule has 13 heteroatoms. The van der Waals surface area contributed by atoms with E-state index in [9.17, 15) is 39.5 Å². The van der Waals surface area contributed by atoms with Gasteiger partial charge in [-0.05, 0) is 0 Å². The van der Waals surface area contributed by atoms with Gasteiger partial charge >= 0.3 is 16.5 Å². The molecule has 0 amide bonds. The van der Waals surface area contributed by atoms with E-state index in [1.807, 2.05) is 0 Å². The molecule has 0 aliphatic rings. The van der Waals surface area contributed by atoms with Gasteiger partial charge in [0.05, 0.1) is 0 Å². The molecule has 0 bridgehead atoms. The molecule has 0 aromatic rings. The molecular weight excluding hydrogens is 331 g/mol. The molecule has 1 radical (unpaired) electrons. The molecule has 0 aromatic heterocycles. The van der Waals surface area contributed by atoms with Crippen LogP contribution in [0.1, 0.15) is 0 Å². The summed E-state index contributed by atoms with van der Waals surface area (Å²) in [5.41, 5.74) is -15.4. The predicted octanol–water partition coefficient (Wildman–Crippen LogP) is 4.73. The third-order valence-electron chi connectivity index (χ3n) is 0.597. The summed E-state index contributed by atoms with van der Waals surface area (Å²) in [6.45, 7) is 0. The summed E-state index contributed by atoms with van der Waals surface area (Å²) in [4.78, 5) is 0. The first-order chi connectivity index (χ1) is 6.79.